The molecule has 0 saturated carbocycles. The highest BCUT2D eigenvalue weighted by Gasteiger charge is 2.43. The van der Waals surface area contributed by atoms with Crippen molar-refractivity contribution in [2.45, 2.75) is 13.8 Å². The van der Waals surface area contributed by atoms with Crippen LogP contribution in [0.25, 0.3) is 6.08 Å². The number of amides is 5. The molecule has 1 aliphatic heterocycles. The van der Waals surface area contributed by atoms with Crippen LogP contribution in [0.4, 0.5) is 21.9 Å². The van der Waals surface area contributed by atoms with E-state index in [1.807, 2.05) is 32.0 Å². The van der Waals surface area contributed by atoms with Gasteiger partial charge in [-0.15, -0.1) is 0 Å². The van der Waals surface area contributed by atoms with Crippen molar-refractivity contribution in [1.29, 1.82) is 0 Å². The summed E-state index contributed by atoms with van der Waals surface area (Å²) in [5, 5.41) is 3.00. The quantitative estimate of drug-likeness (QED) is 0.198. The number of carbonyl (C=O) groups excluding carboxylic acids is 4. The first-order valence-electron chi connectivity index (χ1n) is 13.1. The predicted molar refractivity (Wildman–Crippen MR) is 163 cm³/mol. The number of benzene rings is 4. The lowest BCUT2D eigenvalue weighted by molar-refractivity contribution is -0.121. The molecule has 1 N–H and O–H groups in total. The smallest absolute Gasteiger partial charge is 0.343 e. The van der Waals surface area contributed by atoms with E-state index in [4.69, 9.17) is 16.3 Å². The third kappa shape index (κ3) is 5.94. The van der Waals surface area contributed by atoms with Crippen molar-refractivity contribution < 1.29 is 23.9 Å². The molecule has 1 saturated heterocycles. The van der Waals surface area contributed by atoms with Crippen molar-refractivity contribution in [1.82, 2.24) is 0 Å². The molecule has 1 aliphatic rings. The summed E-state index contributed by atoms with van der Waals surface area (Å²) < 4.78 is 5.63. The Bertz CT molecular complexity index is 1660. The Morgan fingerprint density at radius 1 is 0.810 bits per heavy atom. The zero-order chi connectivity index (χ0) is 29.8. The Morgan fingerprint density at radius 2 is 1.40 bits per heavy atom. The summed E-state index contributed by atoms with van der Waals surface area (Å²) in [5.74, 6) is -1.62. The second-order valence-electron chi connectivity index (χ2n) is 9.64. The van der Waals surface area contributed by atoms with E-state index in [1.165, 1.54) is 12.1 Å². The number of hydrogen-bond acceptors (Lipinski definition) is 5. The molecule has 8 nitrogen and oxygen atoms in total. The minimum Gasteiger partial charge on any atom is -0.482 e. The van der Waals surface area contributed by atoms with Crippen molar-refractivity contribution in [3.63, 3.8) is 0 Å². The molecular weight excluding hydrogens is 554 g/mol. The lowest BCUT2D eigenvalue weighted by atomic mass is 10.0. The van der Waals surface area contributed by atoms with Gasteiger partial charge in [0.15, 0.2) is 6.61 Å². The normalized spacial score (nSPS) is 13.3. The first kappa shape index (κ1) is 28.3. The van der Waals surface area contributed by atoms with E-state index in [1.54, 1.807) is 72.8 Å². The molecule has 42 heavy (non-hydrogen) atoms. The van der Waals surface area contributed by atoms with Gasteiger partial charge in [0.2, 0.25) is 0 Å². The Balaban J connectivity index is 1.39. The van der Waals surface area contributed by atoms with Gasteiger partial charge >= 0.3 is 6.03 Å². The van der Waals surface area contributed by atoms with E-state index >= 15 is 0 Å². The van der Waals surface area contributed by atoms with Gasteiger partial charge in [-0.3, -0.25) is 14.4 Å². The third-order valence-corrected chi connectivity index (χ3v) is 6.87. The van der Waals surface area contributed by atoms with Crippen LogP contribution in [0.15, 0.2) is 103 Å². The highest BCUT2D eigenvalue weighted by Crippen LogP contribution is 2.31. The number of hydrogen-bond donors (Lipinski definition) is 1. The maximum absolute atomic E-state index is 13.5. The van der Waals surface area contributed by atoms with Crippen LogP contribution in [0.3, 0.4) is 0 Å². The summed E-state index contributed by atoms with van der Waals surface area (Å²) in [5.41, 5.74) is 3.50. The topological polar surface area (TPSA) is 96.0 Å². The molecule has 9 heteroatoms. The van der Waals surface area contributed by atoms with Gasteiger partial charge in [-0.2, -0.15) is 0 Å². The average molecular weight is 580 g/mol. The first-order chi connectivity index (χ1) is 20.2. The molecule has 5 rings (SSSR count). The molecule has 0 bridgehead atoms. The monoisotopic (exact) mass is 579 g/mol. The summed E-state index contributed by atoms with van der Waals surface area (Å²) in [7, 11) is 0. The molecule has 5 amide bonds. The summed E-state index contributed by atoms with van der Waals surface area (Å²) in [6.45, 7) is 3.56. The second kappa shape index (κ2) is 12.1. The highest BCUT2D eigenvalue weighted by molar-refractivity contribution is 6.46. The first-order valence-corrected chi connectivity index (χ1v) is 13.4. The van der Waals surface area contributed by atoms with Crippen molar-refractivity contribution >= 4 is 58.5 Å². The molecule has 210 valence electrons. The number of rotatable bonds is 7. The molecule has 1 heterocycles. The third-order valence-electron chi connectivity index (χ3n) is 6.57. The van der Waals surface area contributed by atoms with E-state index in [9.17, 15) is 19.2 Å². The van der Waals surface area contributed by atoms with Gasteiger partial charge in [0.1, 0.15) is 11.3 Å². The minimum atomic E-state index is -0.777. The summed E-state index contributed by atoms with van der Waals surface area (Å²) in [6.07, 6.45) is 1.38. The van der Waals surface area contributed by atoms with Gasteiger partial charge in [-0.25, -0.2) is 14.6 Å². The van der Waals surface area contributed by atoms with E-state index in [0.717, 1.165) is 20.9 Å². The number of anilines is 3. The van der Waals surface area contributed by atoms with Crippen LogP contribution in [0.2, 0.25) is 5.02 Å². The Labute approximate surface area is 247 Å². The van der Waals surface area contributed by atoms with Crippen LogP contribution in [0, 0.1) is 13.8 Å². The van der Waals surface area contributed by atoms with Gasteiger partial charge in [0, 0.05) is 5.69 Å². The van der Waals surface area contributed by atoms with Gasteiger partial charge in [0.05, 0.1) is 16.4 Å². The molecule has 4 aromatic carbocycles. The minimum absolute atomic E-state index is 0.176. The number of imide groups is 2. The van der Waals surface area contributed by atoms with Crippen LogP contribution in [-0.4, -0.2) is 30.4 Å². The van der Waals surface area contributed by atoms with Gasteiger partial charge in [-0.05, 0) is 79.1 Å². The van der Waals surface area contributed by atoms with Crippen LogP contribution in [0.1, 0.15) is 16.7 Å². The van der Waals surface area contributed by atoms with Crippen LogP contribution in [0.5, 0.6) is 5.75 Å². The van der Waals surface area contributed by atoms with Gasteiger partial charge in [0.25, 0.3) is 17.7 Å². The fraction of sp³-hybridized carbons (Fsp3) is 0.0909. The highest BCUT2D eigenvalue weighted by atomic mass is 35.5. The molecule has 0 unspecified atom stereocenters. The van der Waals surface area contributed by atoms with E-state index in [0.29, 0.717) is 22.6 Å². The number of carbonyl (C=O) groups is 4. The van der Waals surface area contributed by atoms with Crippen molar-refractivity contribution in [3.8, 4) is 5.75 Å². The maximum atomic E-state index is 13.5. The van der Waals surface area contributed by atoms with Crippen LogP contribution < -0.4 is 19.9 Å². The lowest BCUT2D eigenvalue weighted by Gasteiger charge is -2.33. The lowest BCUT2D eigenvalue weighted by Crippen LogP contribution is -2.57. The van der Waals surface area contributed by atoms with Crippen LogP contribution in [-0.2, 0) is 14.4 Å². The van der Waals surface area contributed by atoms with E-state index in [-0.39, 0.29) is 28.9 Å². The van der Waals surface area contributed by atoms with E-state index < -0.39 is 17.8 Å². The molecule has 0 aliphatic carbocycles. The molecule has 0 spiro atoms. The number of para-hydroxylation sites is 2. The SMILES string of the molecule is Cc1ccc(C)c(NC(=O)COc2ccc(C=C3C(=O)N(c4ccccc4)C(=O)N(c4ccccc4)C3=O)cc2Cl)c1. The fourth-order valence-corrected chi connectivity index (χ4v) is 4.67. The Kier molecular flexibility index (Phi) is 8.17. The fourth-order valence-electron chi connectivity index (χ4n) is 4.43. The van der Waals surface area contributed by atoms with Crippen LogP contribution >= 0.6 is 11.6 Å². The van der Waals surface area contributed by atoms with E-state index in [2.05, 4.69) is 5.32 Å². The molecular formula is C33H26ClN3O5. The van der Waals surface area contributed by atoms with Gasteiger partial charge in [-0.1, -0.05) is 66.2 Å². The standard InChI is InChI=1S/C33H26ClN3O5/c1-21-13-14-22(2)28(17-21)35-30(38)20-42-29-16-15-23(19-27(29)34)18-26-31(39)36(24-9-5-3-6-10-24)33(41)37(32(26)40)25-11-7-4-8-12-25/h3-19H,20H2,1-2H3,(H,35,38). The second-order valence-corrected chi connectivity index (χ2v) is 10.0. The molecule has 0 aromatic heterocycles. The van der Waals surface area contributed by atoms with Crippen molar-refractivity contribution in [3.05, 3.63) is 124 Å². The largest absolute Gasteiger partial charge is 0.482 e. The summed E-state index contributed by atoms with van der Waals surface area (Å²) in [6, 6.07) is 26.4. The number of ether oxygens (including phenoxy) is 1. The summed E-state index contributed by atoms with van der Waals surface area (Å²) in [4.78, 5) is 54.9. The maximum Gasteiger partial charge on any atom is 0.343 e. The Hall–Kier alpha value is -5.21. The predicted octanol–water partition coefficient (Wildman–Crippen LogP) is 6.56. The number of aryl methyl sites for hydroxylation is 2. The number of barbiturate groups is 1. The molecule has 0 radical (unpaired) electrons. The molecule has 4 aromatic rings. The average Bonchev–Trinajstić information content (AvgIpc) is 2.98. The number of halogens is 1. The van der Waals surface area contributed by atoms with Crippen molar-refractivity contribution in [2.75, 3.05) is 21.7 Å². The molecule has 0 atom stereocenters. The summed E-state index contributed by atoms with van der Waals surface area (Å²) >= 11 is 6.45. The van der Waals surface area contributed by atoms with Gasteiger partial charge < -0.3 is 10.1 Å². The number of urea groups is 1. The zero-order valence-electron chi connectivity index (χ0n) is 22.8. The zero-order valence-corrected chi connectivity index (χ0v) is 23.6. The molecule has 1 fully saturated rings. The number of nitrogens with zero attached hydrogens (tertiary/aromatic N) is 2. The van der Waals surface area contributed by atoms with Crippen molar-refractivity contribution in [2.24, 2.45) is 0 Å². The Morgan fingerprint density at radius 3 is 1.98 bits per heavy atom. The number of nitrogens with one attached hydrogen (secondary N) is 1.